The Hall–Kier alpha value is -1.81. The third-order valence-electron chi connectivity index (χ3n) is 2.34. The maximum absolute atomic E-state index is 9.69. The molecule has 15 heavy (non-hydrogen) atoms. The normalized spacial score (nSPS) is 10.5. The number of rotatable bonds is 2. The predicted molar refractivity (Wildman–Crippen MR) is 57.9 cm³/mol. The van der Waals surface area contributed by atoms with Gasteiger partial charge < -0.3 is 10.8 Å². The van der Waals surface area contributed by atoms with Crippen LogP contribution in [0.1, 0.15) is 11.1 Å². The van der Waals surface area contributed by atoms with Crippen molar-refractivity contribution in [1.29, 1.82) is 0 Å². The van der Waals surface area contributed by atoms with Crippen molar-refractivity contribution in [3.05, 3.63) is 41.6 Å². The Morgan fingerprint density at radius 2 is 2.00 bits per heavy atom. The minimum absolute atomic E-state index is 0.176. The summed E-state index contributed by atoms with van der Waals surface area (Å²) in [6, 6.07) is 7.61. The lowest BCUT2D eigenvalue weighted by molar-refractivity contribution is 0.430. The fourth-order valence-corrected chi connectivity index (χ4v) is 1.39. The van der Waals surface area contributed by atoms with Gasteiger partial charge in [-0.1, -0.05) is 12.1 Å². The number of nitrogens with zero attached hydrogens (tertiary/aromatic N) is 2. The lowest BCUT2D eigenvalue weighted by atomic mass is 10.2. The number of nitrogens with two attached hydrogens (primary N) is 1. The van der Waals surface area contributed by atoms with Crippen LogP contribution in [0.25, 0.3) is 5.69 Å². The highest BCUT2D eigenvalue weighted by molar-refractivity contribution is 5.38. The molecule has 1 heterocycles. The smallest absolute Gasteiger partial charge is 0.217 e. The molecule has 0 aliphatic heterocycles. The van der Waals surface area contributed by atoms with Crippen LogP contribution in [0.5, 0.6) is 5.88 Å². The first-order valence-corrected chi connectivity index (χ1v) is 4.75. The van der Waals surface area contributed by atoms with E-state index in [2.05, 4.69) is 5.10 Å². The van der Waals surface area contributed by atoms with Crippen LogP contribution in [0.2, 0.25) is 0 Å². The third kappa shape index (κ3) is 1.71. The van der Waals surface area contributed by atoms with Crippen molar-refractivity contribution in [1.82, 2.24) is 9.78 Å². The third-order valence-corrected chi connectivity index (χ3v) is 2.34. The van der Waals surface area contributed by atoms with E-state index in [9.17, 15) is 5.11 Å². The molecular formula is C11H13N3O. The number of hydrogen-bond acceptors (Lipinski definition) is 3. The molecule has 0 atom stereocenters. The molecule has 4 nitrogen and oxygen atoms in total. The average Bonchev–Trinajstić information content (AvgIpc) is 2.60. The first-order valence-electron chi connectivity index (χ1n) is 4.75. The van der Waals surface area contributed by atoms with E-state index in [1.165, 1.54) is 4.68 Å². The van der Waals surface area contributed by atoms with Gasteiger partial charge in [0.2, 0.25) is 5.88 Å². The minimum Gasteiger partial charge on any atom is -0.493 e. The molecule has 0 saturated heterocycles. The van der Waals surface area contributed by atoms with Gasteiger partial charge in [0.05, 0.1) is 11.9 Å². The van der Waals surface area contributed by atoms with Gasteiger partial charge >= 0.3 is 0 Å². The Morgan fingerprint density at radius 3 is 2.47 bits per heavy atom. The van der Waals surface area contributed by atoms with Gasteiger partial charge in [-0.15, -0.1) is 0 Å². The fraction of sp³-hybridized carbons (Fsp3) is 0.182. The minimum atomic E-state index is 0.176. The van der Waals surface area contributed by atoms with E-state index < -0.39 is 0 Å². The molecule has 0 radical (unpaired) electrons. The van der Waals surface area contributed by atoms with E-state index in [1.54, 1.807) is 6.20 Å². The summed E-state index contributed by atoms with van der Waals surface area (Å²) in [5.41, 5.74) is 8.15. The molecule has 0 bridgehead atoms. The number of aromatic nitrogens is 2. The van der Waals surface area contributed by atoms with Crippen molar-refractivity contribution in [2.75, 3.05) is 0 Å². The molecule has 0 saturated carbocycles. The quantitative estimate of drug-likeness (QED) is 0.774. The molecule has 78 valence electrons. The van der Waals surface area contributed by atoms with Gasteiger partial charge in [-0.25, -0.2) is 4.68 Å². The molecule has 0 aliphatic rings. The predicted octanol–water partition coefficient (Wildman–Crippen LogP) is 1.35. The van der Waals surface area contributed by atoms with Gasteiger partial charge in [0.25, 0.3) is 0 Å². The zero-order chi connectivity index (χ0) is 10.8. The summed E-state index contributed by atoms with van der Waals surface area (Å²) in [5, 5.41) is 13.8. The second-order valence-corrected chi connectivity index (χ2v) is 3.43. The van der Waals surface area contributed by atoms with Crippen LogP contribution in [-0.4, -0.2) is 14.9 Å². The fourth-order valence-electron chi connectivity index (χ4n) is 1.39. The topological polar surface area (TPSA) is 64.1 Å². The molecule has 0 spiro atoms. The highest BCUT2D eigenvalue weighted by Gasteiger charge is 2.06. The van der Waals surface area contributed by atoms with E-state index >= 15 is 0 Å². The largest absolute Gasteiger partial charge is 0.493 e. The molecule has 0 unspecified atom stereocenters. The van der Waals surface area contributed by atoms with Gasteiger partial charge in [-0.05, 0) is 24.6 Å². The molecule has 0 amide bonds. The van der Waals surface area contributed by atoms with E-state index in [4.69, 9.17) is 5.73 Å². The lowest BCUT2D eigenvalue weighted by Gasteiger charge is -2.04. The van der Waals surface area contributed by atoms with Crippen LogP contribution in [0, 0.1) is 6.92 Å². The average molecular weight is 203 g/mol. The Balaban J connectivity index is 2.41. The van der Waals surface area contributed by atoms with E-state index in [1.807, 2.05) is 31.2 Å². The molecular weight excluding hydrogens is 190 g/mol. The number of aryl methyl sites for hydroxylation is 1. The lowest BCUT2D eigenvalue weighted by Crippen LogP contribution is -1.98. The van der Waals surface area contributed by atoms with Crippen LogP contribution < -0.4 is 5.73 Å². The van der Waals surface area contributed by atoms with Gasteiger partial charge in [-0.2, -0.15) is 5.10 Å². The van der Waals surface area contributed by atoms with Crippen LogP contribution in [0.15, 0.2) is 30.5 Å². The molecule has 2 rings (SSSR count). The summed E-state index contributed by atoms with van der Waals surface area (Å²) in [6.45, 7) is 2.33. The van der Waals surface area contributed by atoms with Crippen molar-refractivity contribution in [3.8, 4) is 11.6 Å². The van der Waals surface area contributed by atoms with Crippen LogP contribution in [0.4, 0.5) is 0 Å². The van der Waals surface area contributed by atoms with Crippen molar-refractivity contribution in [2.24, 2.45) is 5.73 Å². The van der Waals surface area contributed by atoms with Crippen molar-refractivity contribution in [2.45, 2.75) is 13.5 Å². The standard InChI is InChI=1S/C11H13N3O/c1-8-7-13-14(11(8)15)10-4-2-9(6-12)3-5-10/h2-5,7,15H,6,12H2,1H3. The van der Waals surface area contributed by atoms with Crippen LogP contribution >= 0.6 is 0 Å². The molecule has 1 aromatic heterocycles. The van der Waals surface area contributed by atoms with Gasteiger partial charge in [-0.3, -0.25) is 0 Å². The maximum Gasteiger partial charge on any atom is 0.217 e. The first kappa shape index (κ1) is 9.73. The first-order chi connectivity index (χ1) is 7.22. The maximum atomic E-state index is 9.69. The summed E-state index contributed by atoms with van der Waals surface area (Å²) in [6.07, 6.45) is 1.63. The van der Waals surface area contributed by atoms with E-state index in [0.29, 0.717) is 6.54 Å². The zero-order valence-corrected chi connectivity index (χ0v) is 8.51. The van der Waals surface area contributed by atoms with Gasteiger partial charge in [0.1, 0.15) is 0 Å². The molecule has 3 N–H and O–H groups in total. The second kappa shape index (κ2) is 3.74. The number of aromatic hydroxyl groups is 1. The van der Waals surface area contributed by atoms with Crippen LogP contribution in [-0.2, 0) is 6.54 Å². The number of benzene rings is 1. The highest BCUT2D eigenvalue weighted by atomic mass is 16.3. The zero-order valence-electron chi connectivity index (χ0n) is 8.51. The SMILES string of the molecule is Cc1cnn(-c2ccc(CN)cc2)c1O. The monoisotopic (exact) mass is 203 g/mol. The summed E-state index contributed by atoms with van der Waals surface area (Å²) in [7, 11) is 0. The van der Waals surface area contributed by atoms with Crippen molar-refractivity contribution in [3.63, 3.8) is 0 Å². The van der Waals surface area contributed by atoms with Crippen molar-refractivity contribution < 1.29 is 5.11 Å². The molecule has 2 aromatic rings. The number of hydrogen-bond donors (Lipinski definition) is 2. The van der Waals surface area contributed by atoms with Crippen LogP contribution in [0.3, 0.4) is 0 Å². The van der Waals surface area contributed by atoms with Crippen molar-refractivity contribution >= 4 is 0 Å². The molecule has 0 aliphatic carbocycles. The Kier molecular flexibility index (Phi) is 2.43. The second-order valence-electron chi connectivity index (χ2n) is 3.43. The van der Waals surface area contributed by atoms with Gasteiger partial charge in [0.15, 0.2) is 0 Å². The Bertz CT molecular complexity index is 459. The summed E-state index contributed by atoms with van der Waals surface area (Å²) < 4.78 is 1.50. The highest BCUT2D eigenvalue weighted by Crippen LogP contribution is 2.19. The summed E-state index contributed by atoms with van der Waals surface area (Å²) >= 11 is 0. The van der Waals surface area contributed by atoms with E-state index in [-0.39, 0.29) is 5.88 Å². The molecule has 4 heteroatoms. The molecule has 0 fully saturated rings. The summed E-state index contributed by atoms with van der Waals surface area (Å²) in [5.74, 6) is 0.176. The molecule has 1 aromatic carbocycles. The van der Waals surface area contributed by atoms with Gasteiger partial charge in [0, 0.05) is 12.1 Å². The Labute approximate surface area is 88.0 Å². The van der Waals surface area contributed by atoms with E-state index in [0.717, 1.165) is 16.8 Å². The Morgan fingerprint density at radius 1 is 1.33 bits per heavy atom. The summed E-state index contributed by atoms with van der Waals surface area (Å²) in [4.78, 5) is 0.